The molecule has 2 rings (SSSR count). The number of aliphatic hydroxyl groups excluding tert-OH is 1. The Morgan fingerprint density at radius 1 is 1.62 bits per heavy atom. The molecule has 0 amide bonds. The average Bonchev–Trinajstić information content (AvgIpc) is 2.47. The molecule has 0 aliphatic carbocycles. The van der Waals surface area contributed by atoms with Crippen LogP contribution in [0.1, 0.15) is 5.56 Å². The molecule has 0 spiro atoms. The summed E-state index contributed by atoms with van der Waals surface area (Å²) in [7, 11) is 0. The van der Waals surface area contributed by atoms with Crippen LogP contribution in [0.4, 0.5) is 4.39 Å². The van der Waals surface area contributed by atoms with Crippen LogP contribution in [0.3, 0.4) is 0 Å². The zero-order valence-corrected chi connectivity index (χ0v) is 8.12. The lowest BCUT2D eigenvalue weighted by atomic mass is 10.3. The Morgan fingerprint density at radius 2 is 2.38 bits per heavy atom. The van der Waals surface area contributed by atoms with Gasteiger partial charge in [0.1, 0.15) is 11.3 Å². The molecule has 0 atom stereocenters. The van der Waals surface area contributed by atoms with Crippen LogP contribution < -0.4 is 0 Å². The zero-order valence-electron chi connectivity index (χ0n) is 6.54. The fraction of sp³-hybridized carbons (Fsp3) is 0.125. The van der Waals surface area contributed by atoms with Crippen molar-refractivity contribution in [3.63, 3.8) is 0 Å². The molecule has 0 aliphatic heterocycles. The molecule has 0 bridgehead atoms. The summed E-state index contributed by atoms with van der Waals surface area (Å²) < 4.78 is 15.3. The van der Waals surface area contributed by atoms with Crippen molar-refractivity contribution in [1.29, 1.82) is 0 Å². The number of aromatic nitrogens is 2. The largest absolute Gasteiger partial charge is 0.392 e. The molecular formula is C8H6BrFN2O. The number of hydrogen-bond donors (Lipinski definition) is 1. The van der Waals surface area contributed by atoms with Crippen molar-refractivity contribution in [3.8, 4) is 0 Å². The minimum absolute atomic E-state index is 0.206. The second-order valence-electron chi connectivity index (χ2n) is 2.63. The van der Waals surface area contributed by atoms with Gasteiger partial charge in [0.25, 0.3) is 0 Å². The van der Waals surface area contributed by atoms with Gasteiger partial charge in [-0.15, -0.1) is 0 Å². The predicted octanol–water partition coefficient (Wildman–Crippen LogP) is 1.73. The van der Waals surface area contributed by atoms with Crippen molar-refractivity contribution in [2.24, 2.45) is 0 Å². The van der Waals surface area contributed by atoms with E-state index in [1.54, 1.807) is 6.20 Å². The number of halogens is 2. The van der Waals surface area contributed by atoms with Crippen LogP contribution in [0, 0.1) is 5.82 Å². The molecule has 68 valence electrons. The topological polar surface area (TPSA) is 37.5 Å². The molecule has 0 radical (unpaired) electrons. The Hall–Kier alpha value is -0.940. The van der Waals surface area contributed by atoms with E-state index >= 15 is 0 Å². The lowest BCUT2D eigenvalue weighted by Crippen LogP contribution is -1.91. The summed E-state index contributed by atoms with van der Waals surface area (Å²) in [4.78, 5) is 0. The van der Waals surface area contributed by atoms with Gasteiger partial charge in [0.05, 0.1) is 12.8 Å². The van der Waals surface area contributed by atoms with Crippen LogP contribution in [0.2, 0.25) is 0 Å². The maximum Gasteiger partial charge on any atom is 0.150 e. The molecule has 5 heteroatoms. The van der Waals surface area contributed by atoms with Gasteiger partial charge >= 0.3 is 0 Å². The molecule has 0 unspecified atom stereocenters. The van der Waals surface area contributed by atoms with Crippen LogP contribution >= 0.6 is 15.9 Å². The van der Waals surface area contributed by atoms with E-state index in [2.05, 4.69) is 21.0 Å². The quantitative estimate of drug-likeness (QED) is 0.830. The van der Waals surface area contributed by atoms with E-state index in [1.165, 1.54) is 16.8 Å². The molecule has 1 N–H and O–H groups in total. The summed E-state index contributed by atoms with van der Waals surface area (Å²) in [5, 5.41) is 12.8. The zero-order chi connectivity index (χ0) is 9.42. The van der Waals surface area contributed by atoms with Gasteiger partial charge in [-0.05, 0) is 22.0 Å². The van der Waals surface area contributed by atoms with E-state index < -0.39 is 5.82 Å². The highest BCUT2D eigenvalue weighted by atomic mass is 79.9. The monoisotopic (exact) mass is 244 g/mol. The summed E-state index contributed by atoms with van der Waals surface area (Å²) in [5.41, 5.74) is 0.815. The van der Waals surface area contributed by atoms with Crippen LogP contribution in [0.25, 0.3) is 5.52 Å². The van der Waals surface area contributed by atoms with Crippen LogP contribution in [0.5, 0.6) is 0 Å². The highest BCUT2D eigenvalue weighted by molar-refractivity contribution is 9.10. The lowest BCUT2D eigenvalue weighted by molar-refractivity contribution is 0.283. The summed E-state index contributed by atoms with van der Waals surface area (Å²) >= 11 is 3.15. The Morgan fingerprint density at radius 3 is 3.08 bits per heavy atom. The number of aliphatic hydroxyl groups is 1. The van der Waals surface area contributed by atoms with Crippen molar-refractivity contribution in [3.05, 3.63) is 34.3 Å². The molecule has 2 aromatic rings. The Balaban J connectivity index is 2.82. The predicted molar refractivity (Wildman–Crippen MR) is 48.8 cm³/mol. The number of fused-ring (bicyclic) bond motifs is 1. The van der Waals surface area contributed by atoms with Crippen molar-refractivity contribution in [2.45, 2.75) is 6.61 Å². The molecule has 0 aromatic carbocycles. The second-order valence-corrected chi connectivity index (χ2v) is 3.54. The molecule has 2 heterocycles. The third-order valence-electron chi connectivity index (χ3n) is 1.78. The summed E-state index contributed by atoms with van der Waals surface area (Å²) in [5.74, 6) is -0.393. The minimum atomic E-state index is -0.393. The Kier molecular flexibility index (Phi) is 2.05. The average molecular weight is 245 g/mol. The maximum absolute atomic E-state index is 13.3. The van der Waals surface area contributed by atoms with Gasteiger partial charge < -0.3 is 5.11 Å². The van der Waals surface area contributed by atoms with E-state index in [0.29, 0.717) is 15.6 Å². The fourth-order valence-electron chi connectivity index (χ4n) is 1.22. The molecule has 0 aliphatic rings. The molecule has 2 aromatic heterocycles. The van der Waals surface area contributed by atoms with Gasteiger partial charge in [0, 0.05) is 16.2 Å². The van der Waals surface area contributed by atoms with Crippen molar-refractivity contribution >= 4 is 21.4 Å². The minimum Gasteiger partial charge on any atom is -0.392 e. The fourth-order valence-corrected chi connectivity index (χ4v) is 1.61. The SMILES string of the molecule is OCc1cnn2cc(Br)cc(F)c12. The van der Waals surface area contributed by atoms with Crippen molar-refractivity contribution in [2.75, 3.05) is 0 Å². The molecule has 3 nitrogen and oxygen atoms in total. The highest BCUT2D eigenvalue weighted by Crippen LogP contribution is 2.19. The van der Waals surface area contributed by atoms with Crippen LogP contribution in [-0.2, 0) is 6.61 Å². The number of rotatable bonds is 1. The van der Waals surface area contributed by atoms with E-state index in [-0.39, 0.29) is 6.61 Å². The third kappa shape index (κ3) is 1.34. The van der Waals surface area contributed by atoms with E-state index in [0.717, 1.165) is 0 Å². The number of hydrogen-bond acceptors (Lipinski definition) is 2. The molecule has 0 saturated heterocycles. The number of nitrogens with zero attached hydrogens (tertiary/aromatic N) is 2. The van der Waals surface area contributed by atoms with E-state index in [9.17, 15) is 4.39 Å². The summed E-state index contributed by atoms with van der Waals surface area (Å²) in [6.45, 7) is -0.206. The van der Waals surface area contributed by atoms with Gasteiger partial charge in [-0.3, -0.25) is 0 Å². The van der Waals surface area contributed by atoms with Gasteiger partial charge in [0.15, 0.2) is 0 Å². The molecule has 0 fully saturated rings. The first-order valence-electron chi connectivity index (χ1n) is 3.64. The van der Waals surface area contributed by atoms with E-state index in [1.807, 2.05) is 0 Å². The first-order chi connectivity index (χ1) is 6.22. The Bertz CT molecular complexity index is 455. The number of pyridine rings is 1. The molecular weight excluding hydrogens is 239 g/mol. The second kappa shape index (κ2) is 3.08. The van der Waals surface area contributed by atoms with Crippen LogP contribution in [0.15, 0.2) is 22.9 Å². The first-order valence-corrected chi connectivity index (χ1v) is 4.44. The standard InChI is InChI=1S/C8H6BrFN2O/c9-6-1-7(10)8-5(4-13)2-11-12(8)3-6/h1-3,13H,4H2. The van der Waals surface area contributed by atoms with Crippen LogP contribution in [-0.4, -0.2) is 14.7 Å². The maximum atomic E-state index is 13.3. The highest BCUT2D eigenvalue weighted by Gasteiger charge is 2.08. The van der Waals surface area contributed by atoms with E-state index in [4.69, 9.17) is 5.11 Å². The Labute approximate surface area is 81.9 Å². The summed E-state index contributed by atoms with van der Waals surface area (Å²) in [6, 6.07) is 1.34. The molecule has 13 heavy (non-hydrogen) atoms. The van der Waals surface area contributed by atoms with Crippen molar-refractivity contribution in [1.82, 2.24) is 9.61 Å². The summed E-state index contributed by atoms with van der Waals surface area (Å²) in [6.07, 6.45) is 3.09. The van der Waals surface area contributed by atoms with Gasteiger partial charge in [0.2, 0.25) is 0 Å². The lowest BCUT2D eigenvalue weighted by Gasteiger charge is -1.98. The van der Waals surface area contributed by atoms with Gasteiger partial charge in [-0.1, -0.05) is 0 Å². The smallest absolute Gasteiger partial charge is 0.150 e. The van der Waals surface area contributed by atoms with Gasteiger partial charge in [-0.2, -0.15) is 5.10 Å². The first kappa shape index (κ1) is 8.65. The third-order valence-corrected chi connectivity index (χ3v) is 2.21. The molecule has 0 saturated carbocycles. The normalized spacial score (nSPS) is 11.0. The van der Waals surface area contributed by atoms with Crippen molar-refractivity contribution < 1.29 is 9.50 Å². The van der Waals surface area contributed by atoms with Gasteiger partial charge in [-0.25, -0.2) is 8.91 Å².